The summed E-state index contributed by atoms with van der Waals surface area (Å²) in [5.74, 6) is -1.21. The maximum Gasteiger partial charge on any atom is 0.337 e. The molecule has 0 spiro atoms. The van der Waals surface area contributed by atoms with Crippen molar-refractivity contribution >= 4 is 37.8 Å². The first-order valence-corrected chi connectivity index (χ1v) is 10.7. The van der Waals surface area contributed by atoms with Gasteiger partial charge in [0.2, 0.25) is 10.0 Å². The first kappa shape index (κ1) is 18.6. The van der Waals surface area contributed by atoms with E-state index in [0.717, 1.165) is 12.8 Å². The normalized spacial score (nSPS) is 14.7. The molecule has 0 amide bonds. The van der Waals surface area contributed by atoms with Crippen molar-refractivity contribution in [2.75, 3.05) is 0 Å². The highest BCUT2D eigenvalue weighted by Crippen LogP contribution is 2.35. The van der Waals surface area contributed by atoms with Crippen molar-refractivity contribution in [3.05, 3.63) is 58.5 Å². The molecule has 154 valence electrons. The van der Waals surface area contributed by atoms with Gasteiger partial charge in [-0.1, -0.05) is 0 Å². The van der Waals surface area contributed by atoms with E-state index in [2.05, 4.69) is 19.9 Å². The van der Waals surface area contributed by atoms with Crippen molar-refractivity contribution in [1.29, 1.82) is 0 Å². The largest absolute Gasteiger partial charge is 0.478 e. The van der Waals surface area contributed by atoms with Crippen LogP contribution in [0.25, 0.3) is 21.8 Å². The molecule has 10 nitrogen and oxygen atoms in total. The topological polar surface area (TPSA) is 152 Å². The van der Waals surface area contributed by atoms with Crippen LogP contribution in [0.3, 0.4) is 0 Å². The second-order valence-corrected chi connectivity index (χ2v) is 9.17. The van der Waals surface area contributed by atoms with Crippen LogP contribution in [0.1, 0.15) is 28.9 Å². The van der Waals surface area contributed by atoms with Gasteiger partial charge in [0.1, 0.15) is 5.52 Å². The van der Waals surface area contributed by atoms with Crippen LogP contribution in [0.2, 0.25) is 0 Å². The predicted octanol–water partition coefficient (Wildman–Crippen LogP) is 1.78. The molecule has 1 fully saturated rings. The molecule has 1 aliphatic rings. The fourth-order valence-electron chi connectivity index (χ4n) is 3.68. The summed E-state index contributed by atoms with van der Waals surface area (Å²) in [6, 6.07) is 4.25. The van der Waals surface area contributed by atoms with Gasteiger partial charge >= 0.3 is 5.97 Å². The number of carboxylic acid groups (broad SMARTS) is 1. The molecule has 0 unspecified atom stereocenters. The van der Waals surface area contributed by atoms with Crippen LogP contribution in [0, 0.1) is 0 Å². The number of H-pyrrole nitrogens is 3. The van der Waals surface area contributed by atoms with E-state index in [1.807, 2.05) is 0 Å². The Labute approximate surface area is 169 Å². The molecule has 1 saturated carbocycles. The van der Waals surface area contributed by atoms with Crippen molar-refractivity contribution in [2.24, 2.45) is 0 Å². The second-order valence-electron chi connectivity index (χ2n) is 7.28. The van der Waals surface area contributed by atoms with E-state index in [4.69, 9.17) is 0 Å². The SMILES string of the molecule is O=C(O)c1c[nH]c2c(=O)[nH]c3ccc(S(=O)(=O)N(Cc4cnc[nH]4)C4CC4)cc3c12. The molecular weight excluding hydrogens is 410 g/mol. The average Bonchev–Trinajstić information content (AvgIpc) is 3.22. The van der Waals surface area contributed by atoms with E-state index in [1.54, 1.807) is 6.20 Å². The van der Waals surface area contributed by atoms with Crippen molar-refractivity contribution in [3.8, 4) is 0 Å². The molecule has 30 heavy (non-hydrogen) atoms. The Balaban J connectivity index is 1.69. The molecular formula is C19H17N5O5S. The van der Waals surface area contributed by atoms with Gasteiger partial charge in [-0.15, -0.1) is 0 Å². The van der Waals surface area contributed by atoms with E-state index in [0.29, 0.717) is 16.6 Å². The van der Waals surface area contributed by atoms with Crippen LogP contribution < -0.4 is 5.56 Å². The highest BCUT2D eigenvalue weighted by atomic mass is 32.2. The number of carbonyl (C=O) groups is 1. The van der Waals surface area contributed by atoms with Crippen LogP contribution >= 0.6 is 0 Å². The number of aromatic carboxylic acids is 1. The summed E-state index contributed by atoms with van der Waals surface area (Å²) >= 11 is 0. The zero-order chi connectivity index (χ0) is 21.0. The summed E-state index contributed by atoms with van der Waals surface area (Å²) in [5, 5.41) is 10.0. The number of hydrogen-bond donors (Lipinski definition) is 4. The quantitative estimate of drug-likeness (QED) is 0.368. The van der Waals surface area contributed by atoms with Crippen molar-refractivity contribution < 1.29 is 18.3 Å². The highest BCUT2D eigenvalue weighted by Gasteiger charge is 2.38. The molecule has 4 aromatic rings. The van der Waals surface area contributed by atoms with Gasteiger partial charge < -0.3 is 20.1 Å². The number of pyridine rings is 1. The highest BCUT2D eigenvalue weighted by molar-refractivity contribution is 7.89. The summed E-state index contributed by atoms with van der Waals surface area (Å²) in [4.78, 5) is 36.1. The minimum atomic E-state index is -3.86. The number of sulfonamides is 1. The Bertz CT molecular complexity index is 1450. The number of carboxylic acids is 1. The molecule has 0 saturated heterocycles. The zero-order valence-corrected chi connectivity index (χ0v) is 16.4. The molecule has 11 heteroatoms. The van der Waals surface area contributed by atoms with Gasteiger partial charge in [0.05, 0.1) is 23.3 Å². The Morgan fingerprint density at radius 2 is 2.07 bits per heavy atom. The molecule has 0 aliphatic heterocycles. The van der Waals surface area contributed by atoms with E-state index in [-0.39, 0.29) is 33.9 Å². The maximum atomic E-state index is 13.4. The van der Waals surface area contributed by atoms with Crippen molar-refractivity contribution in [1.82, 2.24) is 24.2 Å². The van der Waals surface area contributed by atoms with Gasteiger partial charge in [-0.25, -0.2) is 18.2 Å². The molecule has 0 radical (unpaired) electrons. The summed E-state index contributed by atoms with van der Waals surface area (Å²) in [5.41, 5.74) is 0.564. The number of nitrogens with zero attached hydrogens (tertiary/aromatic N) is 2. The summed E-state index contributed by atoms with van der Waals surface area (Å²) in [6.07, 6.45) is 5.87. The number of aromatic amines is 3. The third kappa shape index (κ3) is 2.90. The number of aromatic nitrogens is 4. The van der Waals surface area contributed by atoms with Gasteiger partial charge in [-0.3, -0.25) is 4.79 Å². The van der Waals surface area contributed by atoms with E-state index in [1.165, 1.54) is 35.0 Å². The summed E-state index contributed by atoms with van der Waals surface area (Å²) in [6.45, 7) is 0.163. The lowest BCUT2D eigenvalue weighted by atomic mass is 10.1. The first-order valence-electron chi connectivity index (χ1n) is 9.26. The fourth-order valence-corrected chi connectivity index (χ4v) is 5.37. The molecule has 3 aromatic heterocycles. The summed E-state index contributed by atoms with van der Waals surface area (Å²) in [7, 11) is -3.86. The number of imidazole rings is 1. The third-order valence-electron chi connectivity index (χ3n) is 5.29. The van der Waals surface area contributed by atoms with Gasteiger partial charge in [-0.2, -0.15) is 4.31 Å². The van der Waals surface area contributed by atoms with Crippen LogP contribution in [0.5, 0.6) is 0 Å². The minimum absolute atomic E-state index is 0.0345. The molecule has 0 atom stereocenters. The van der Waals surface area contributed by atoms with Crippen LogP contribution in [0.15, 0.2) is 46.6 Å². The zero-order valence-electron chi connectivity index (χ0n) is 15.5. The smallest absolute Gasteiger partial charge is 0.337 e. The molecule has 1 aliphatic carbocycles. The molecule has 4 N–H and O–H groups in total. The first-order chi connectivity index (χ1) is 14.4. The van der Waals surface area contributed by atoms with Gasteiger partial charge in [0.15, 0.2) is 0 Å². The predicted molar refractivity (Wildman–Crippen MR) is 108 cm³/mol. The number of hydrogen-bond acceptors (Lipinski definition) is 5. The number of rotatable bonds is 6. The molecule has 1 aromatic carbocycles. The van der Waals surface area contributed by atoms with Crippen LogP contribution in [-0.2, 0) is 16.6 Å². The van der Waals surface area contributed by atoms with Gasteiger partial charge in [0.25, 0.3) is 5.56 Å². The maximum absolute atomic E-state index is 13.4. The second kappa shape index (κ2) is 6.54. The van der Waals surface area contributed by atoms with Gasteiger partial charge in [-0.05, 0) is 31.0 Å². The van der Waals surface area contributed by atoms with E-state index >= 15 is 0 Å². The average molecular weight is 427 g/mol. The third-order valence-corrected chi connectivity index (χ3v) is 7.18. The Morgan fingerprint density at radius 3 is 2.73 bits per heavy atom. The standard InChI is InChI=1S/C19H17N5O5S/c25-18-17-16(14(7-21-17)19(26)27)13-5-12(3-4-15(13)23-18)30(28,29)24(11-1-2-11)8-10-6-20-9-22-10/h3-7,9,11,21H,1-2,8H2,(H,20,22)(H,23,25)(H,26,27). The molecule has 3 heterocycles. The molecule has 0 bridgehead atoms. The number of fused-ring (bicyclic) bond motifs is 3. The fraction of sp³-hybridized carbons (Fsp3) is 0.211. The molecule has 5 rings (SSSR count). The van der Waals surface area contributed by atoms with Gasteiger partial charge in [0, 0.05) is 40.4 Å². The van der Waals surface area contributed by atoms with E-state index in [9.17, 15) is 23.1 Å². The van der Waals surface area contributed by atoms with Crippen molar-refractivity contribution in [2.45, 2.75) is 30.3 Å². The van der Waals surface area contributed by atoms with Crippen molar-refractivity contribution in [3.63, 3.8) is 0 Å². The lowest BCUT2D eigenvalue weighted by Gasteiger charge is -2.21. The lowest BCUT2D eigenvalue weighted by molar-refractivity contribution is 0.0699. The van der Waals surface area contributed by atoms with Crippen LogP contribution in [0.4, 0.5) is 0 Å². The Morgan fingerprint density at radius 1 is 1.27 bits per heavy atom. The minimum Gasteiger partial charge on any atom is -0.478 e. The summed E-state index contributed by atoms with van der Waals surface area (Å²) < 4.78 is 28.3. The van der Waals surface area contributed by atoms with E-state index < -0.39 is 21.6 Å². The van der Waals surface area contributed by atoms with Crippen LogP contribution in [-0.4, -0.2) is 49.8 Å². The number of benzene rings is 1. The lowest BCUT2D eigenvalue weighted by Crippen LogP contribution is -2.32. The monoisotopic (exact) mass is 427 g/mol. The number of nitrogens with one attached hydrogen (secondary N) is 3. The Hall–Kier alpha value is -3.44. The Kier molecular flexibility index (Phi) is 4.05.